The number of aryl methyl sites for hydroxylation is 1. The Morgan fingerprint density at radius 2 is 1.51 bits per heavy atom. The second-order valence-corrected chi connectivity index (χ2v) is 7.75. The fourth-order valence-corrected chi connectivity index (χ4v) is 3.15. The van der Waals surface area contributed by atoms with E-state index in [4.69, 9.17) is 31.8 Å². The molecule has 0 radical (unpaired) electrons. The van der Waals surface area contributed by atoms with Gasteiger partial charge < -0.3 is 18.9 Å². The summed E-state index contributed by atoms with van der Waals surface area (Å²) in [6.07, 6.45) is 14.6. The van der Waals surface area contributed by atoms with Crippen molar-refractivity contribution in [1.82, 2.24) is 4.98 Å². The first-order chi connectivity index (χ1) is 17.0. The van der Waals surface area contributed by atoms with E-state index in [2.05, 4.69) is 16.8 Å². The van der Waals surface area contributed by atoms with Gasteiger partial charge in [-0.1, -0.05) is 12.1 Å². The van der Waals surface area contributed by atoms with Crippen LogP contribution in [-0.4, -0.2) is 24.0 Å². The van der Waals surface area contributed by atoms with Gasteiger partial charge in [0.25, 0.3) is 0 Å². The Labute approximate surface area is 207 Å². The number of rotatable bonds is 14. The monoisotopic (exact) mass is 477 g/mol. The fraction of sp³-hybridized carbons (Fsp3) is 0.393. The molecule has 7 heteroatoms. The molecular formula is C28H31NO6. The lowest BCUT2D eigenvalue weighted by Gasteiger charge is -2.18. The second-order valence-electron chi connectivity index (χ2n) is 7.75. The third-order valence-electron chi connectivity index (χ3n) is 5.12. The van der Waals surface area contributed by atoms with Gasteiger partial charge in [0.15, 0.2) is 0 Å². The van der Waals surface area contributed by atoms with Crippen LogP contribution in [0, 0.1) is 31.6 Å². The Kier molecular flexibility index (Phi) is 11.7. The molecule has 0 saturated carbocycles. The molecule has 1 aromatic heterocycles. The molecule has 2 rings (SSSR count). The topological polar surface area (TPSA) is 84.0 Å². The summed E-state index contributed by atoms with van der Waals surface area (Å²) < 4.78 is 22.2. The summed E-state index contributed by atoms with van der Waals surface area (Å²) in [7, 11) is 1.61. The molecular weight excluding hydrogens is 446 g/mol. The molecule has 0 aliphatic carbocycles. The van der Waals surface area contributed by atoms with Crippen molar-refractivity contribution in [2.24, 2.45) is 0 Å². The number of nitrogens with zero attached hydrogens (tertiary/aromatic N) is 1. The highest BCUT2D eigenvalue weighted by atomic mass is 16.5. The van der Waals surface area contributed by atoms with Crippen LogP contribution in [0.25, 0.3) is 0 Å². The average Bonchev–Trinajstić information content (AvgIpc) is 2.86. The Balaban J connectivity index is 2.18. The van der Waals surface area contributed by atoms with E-state index in [9.17, 15) is 9.59 Å². The average molecular weight is 478 g/mol. The summed E-state index contributed by atoms with van der Waals surface area (Å²) in [5, 5.41) is 0. The smallest absolute Gasteiger partial charge is 0.306 e. The molecule has 0 spiro atoms. The zero-order valence-corrected chi connectivity index (χ0v) is 20.3. The number of carbonyl (C=O) groups excluding carboxylic acids is 2. The van der Waals surface area contributed by atoms with Crippen molar-refractivity contribution in [3.63, 3.8) is 0 Å². The van der Waals surface area contributed by atoms with E-state index in [-0.39, 0.29) is 44.6 Å². The number of hydrogen-bond acceptors (Lipinski definition) is 7. The molecule has 0 atom stereocenters. The zero-order valence-electron chi connectivity index (χ0n) is 20.3. The first-order valence-electron chi connectivity index (χ1n) is 11.4. The molecule has 0 aliphatic heterocycles. The molecule has 2 aromatic rings. The van der Waals surface area contributed by atoms with E-state index in [1.165, 1.54) is 0 Å². The van der Waals surface area contributed by atoms with E-state index >= 15 is 0 Å². The van der Waals surface area contributed by atoms with Crippen LogP contribution in [0.2, 0.25) is 0 Å². The molecule has 35 heavy (non-hydrogen) atoms. The number of esters is 2. The van der Waals surface area contributed by atoms with Gasteiger partial charge in [0.1, 0.15) is 31.3 Å². The van der Waals surface area contributed by atoms with Gasteiger partial charge >= 0.3 is 11.9 Å². The normalized spacial score (nSPS) is 10.1. The number of hydrogen-bond donors (Lipinski definition) is 0. The maximum atomic E-state index is 12.2. The number of carbonyl (C=O) groups is 2. The van der Waals surface area contributed by atoms with Crippen molar-refractivity contribution in [1.29, 1.82) is 0 Å². The summed E-state index contributed by atoms with van der Waals surface area (Å²) in [5.41, 5.74) is 2.75. The standard InChI is InChI=1S/C28H31NO6/c1-5-7-9-11-26(30)33-19-23-17-29-21(3)28(25(23)20-34-27(31)12-10-8-6-2)35-18-22-13-15-24(32-4)16-14-22/h1-2,13-17H,7-12,18-20H2,3-4H3. The quantitative estimate of drug-likeness (QED) is 0.222. The summed E-state index contributed by atoms with van der Waals surface area (Å²) in [4.78, 5) is 28.7. The Morgan fingerprint density at radius 3 is 2.09 bits per heavy atom. The highest BCUT2D eigenvalue weighted by Crippen LogP contribution is 2.28. The van der Waals surface area contributed by atoms with Crippen molar-refractivity contribution in [3.8, 4) is 36.2 Å². The van der Waals surface area contributed by atoms with Crippen molar-refractivity contribution in [3.05, 3.63) is 52.8 Å². The summed E-state index contributed by atoms with van der Waals surface area (Å²) >= 11 is 0. The summed E-state index contributed by atoms with van der Waals surface area (Å²) in [6, 6.07) is 7.49. The predicted octanol–water partition coefficient (Wildman–Crippen LogP) is 4.67. The van der Waals surface area contributed by atoms with Gasteiger partial charge in [-0.25, -0.2) is 0 Å². The minimum Gasteiger partial charge on any atom is -0.497 e. The second kappa shape index (κ2) is 15.0. The Morgan fingerprint density at radius 1 is 0.914 bits per heavy atom. The minimum absolute atomic E-state index is 0.0228. The molecule has 1 heterocycles. The number of ether oxygens (including phenoxy) is 4. The van der Waals surface area contributed by atoms with Crippen LogP contribution in [0.4, 0.5) is 0 Å². The lowest BCUT2D eigenvalue weighted by molar-refractivity contribution is -0.146. The number of pyridine rings is 1. The van der Waals surface area contributed by atoms with Gasteiger partial charge in [0.2, 0.25) is 0 Å². The van der Waals surface area contributed by atoms with Crippen molar-refractivity contribution in [2.45, 2.75) is 65.3 Å². The first-order valence-corrected chi connectivity index (χ1v) is 11.4. The van der Waals surface area contributed by atoms with Gasteiger partial charge in [-0.2, -0.15) is 0 Å². The van der Waals surface area contributed by atoms with Crippen LogP contribution in [0.1, 0.15) is 60.9 Å². The molecule has 0 N–H and O–H groups in total. The van der Waals surface area contributed by atoms with Crippen LogP contribution >= 0.6 is 0 Å². The van der Waals surface area contributed by atoms with Crippen molar-refractivity contribution in [2.75, 3.05) is 7.11 Å². The molecule has 0 saturated heterocycles. The predicted molar refractivity (Wildman–Crippen MR) is 131 cm³/mol. The number of methoxy groups -OCH3 is 1. The number of unbranched alkanes of at least 4 members (excludes halogenated alkanes) is 2. The van der Waals surface area contributed by atoms with Gasteiger partial charge in [-0.05, 0) is 37.5 Å². The maximum absolute atomic E-state index is 12.2. The lowest BCUT2D eigenvalue weighted by Crippen LogP contribution is -2.12. The lowest BCUT2D eigenvalue weighted by atomic mass is 10.1. The number of terminal acetylenes is 2. The van der Waals surface area contributed by atoms with E-state index in [0.717, 1.165) is 11.3 Å². The van der Waals surface area contributed by atoms with Gasteiger partial charge in [-0.3, -0.25) is 14.6 Å². The van der Waals surface area contributed by atoms with Crippen LogP contribution in [0.15, 0.2) is 30.5 Å². The Bertz CT molecular complexity index is 1060. The third kappa shape index (κ3) is 9.43. The van der Waals surface area contributed by atoms with Crippen LogP contribution in [-0.2, 0) is 38.9 Å². The molecule has 7 nitrogen and oxygen atoms in total. The van der Waals surface area contributed by atoms with E-state index in [1.807, 2.05) is 24.3 Å². The van der Waals surface area contributed by atoms with Gasteiger partial charge in [0.05, 0.1) is 12.8 Å². The molecule has 0 aliphatic rings. The van der Waals surface area contributed by atoms with E-state index in [1.54, 1.807) is 20.2 Å². The van der Waals surface area contributed by atoms with Crippen molar-refractivity contribution >= 4 is 11.9 Å². The molecule has 0 fully saturated rings. The van der Waals surface area contributed by atoms with Crippen molar-refractivity contribution < 1.29 is 28.5 Å². The van der Waals surface area contributed by atoms with E-state index < -0.39 is 0 Å². The van der Waals surface area contributed by atoms with Crippen LogP contribution in [0.3, 0.4) is 0 Å². The van der Waals surface area contributed by atoms with E-state index in [0.29, 0.717) is 48.3 Å². The zero-order chi connectivity index (χ0) is 25.5. The highest BCUT2D eigenvalue weighted by Gasteiger charge is 2.18. The Hall–Kier alpha value is -3.97. The van der Waals surface area contributed by atoms with Crippen LogP contribution in [0.5, 0.6) is 11.5 Å². The molecule has 184 valence electrons. The van der Waals surface area contributed by atoms with Crippen LogP contribution < -0.4 is 9.47 Å². The van der Waals surface area contributed by atoms with Gasteiger partial charge in [-0.15, -0.1) is 24.7 Å². The summed E-state index contributed by atoms with van der Waals surface area (Å²) in [5.74, 6) is 5.50. The highest BCUT2D eigenvalue weighted by molar-refractivity contribution is 5.70. The largest absolute Gasteiger partial charge is 0.497 e. The SMILES string of the molecule is C#CCCCC(=O)OCc1cnc(C)c(OCc2ccc(OC)cc2)c1COC(=O)CCCC#C. The third-order valence-corrected chi connectivity index (χ3v) is 5.12. The fourth-order valence-electron chi connectivity index (χ4n) is 3.15. The number of aromatic nitrogens is 1. The minimum atomic E-state index is -0.368. The van der Waals surface area contributed by atoms with Gasteiger partial charge in [0, 0.05) is 43.0 Å². The molecule has 0 unspecified atom stereocenters. The molecule has 1 aromatic carbocycles. The maximum Gasteiger partial charge on any atom is 0.306 e. The number of benzene rings is 1. The first kappa shape index (κ1) is 27.3. The molecule has 0 bridgehead atoms. The summed E-state index contributed by atoms with van der Waals surface area (Å²) in [6.45, 7) is 2.01. The molecule has 0 amide bonds.